The molecule has 0 aromatic heterocycles. The van der Waals surface area contributed by atoms with Gasteiger partial charge in [-0.3, -0.25) is 4.79 Å². The van der Waals surface area contributed by atoms with Gasteiger partial charge < -0.3 is 5.11 Å². The lowest BCUT2D eigenvalue weighted by molar-refractivity contribution is -0.137. The zero-order valence-corrected chi connectivity index (χ0v) is 14.0. The van der Waals surface area contributed by atoms with E-state index in [4.69, 9.17) is 5.11 Å². The number of aryl methyl sites for hydroxylation is 3. The maximum absolute atomic E-state index is 12.6. The van der Waals surface area contributed by atoms with Crippen molar-refractivity contribution >= 4 is 16.0 Å². The third-order valence-corrected chi connectivity index (χ3v) is 5.25. The van der Waals surface area contributed by atoms with Gasteiger partial charge in [-0.1, -0.05) is 17.7 Å². The van der Waals surface area contributed by atoms with Crippen LogP contribution in [0.15, 0.2) is 17.0 Å². The van der Waals surface area contributed by atoms with Gasteiger partial charge in [0.2, 0.25) is 10.0 Å². The quantitative estimate of drug-likeness (QED) is 0.845. The smallest absolute Gasteiger partial charge is 0.303 e. The van der Waals surface area contributed by atoms with E-state index in [9.17, 15) is 13.2 Å². The number of carboxylic acid groups (broad SMARTS) is 1. The predicted molar refractivity (Wildman–Crippen MR) is 81.9 cm³/mol. The van der Waals surface area contributed by atoms with Gasteiger partial charge in [0.15, 0.2) is 0 Å². The molecule has 0 bridgehead atoms. The summed E-state index contributed by atoms with van der Waals surface area (Å²) < 4.78 is 27.8. The van der Waals surface area contributed by atoms with Gasteiger partial charge in [0.25, 0.3) is 0 Å². The Labute approximate surface area is 126 Å². The highest BCUT2D eigenvalue weighted by atomic mass is 32.2. The highest BCUT2D eigenvalue weighted by Gasteiger charge is 2.28. The van der Waals surface area contributed by atoms with Crippen molar-refractivity contribution in [2.75, 3.05) is 0 Å². The van der Waals surface area contributed by atoms with Gasteiger partial charge in [-0.25, -0.2) is 13.1 Å². The third kappa shape index (κ3) is 4.82. The average molecular weight is 313 g/mol. The summed E-state index contributed by atoms with van der Waals surface area (Å²) >= 11 is 0. The summed E-state index contributed by atoms with van der Waals surface area (Å²) in [7, 11) is -3.69. The molecule has 0 aliphatic carbocycles. The van der Waals surface area contributed by atoms with Crippen LogP contribution in [0, 0.1) is 20.8 Å². The van der Waals surface area contributed by atoms with Crippen LogP contribution in [-0.2, 0) is 14.8 Å². The van der Waals surface area contributed by atoms with Gasteiger partial charge in [-0.2, -0.15) is 0 Å². The maximum Gasteiger partial charge on any atom is 0.303 e. The van der Waals surface area contributed by atoms with Gasteiger partial charge in [0, 0.05) is 12.0 Å². The first-order valence-electron chi connectivity index (χ1n) is 6.78. The van der Waals surface area contributed by atoms with Crippen LogP contribution in [0.25, 0.3) is 0 Å². The summed E-state index contributed by atoms with van der Waals surface area (Å²) in [6.45, 7) is 8.82. The van der Waals surface area contributed by atoms with Gasteiger partial charge in [0.1, 0.15) is 0 Å². The number of benzene rings is 1. The van der Waals surface area contributed by atoms with E-state index < -0.39 is 21.5 Å². The minimum atomic E-state index is -3.69. The SMILES string of the molecule is Cc1cc(C)c(S(=O)(=O)NC(C)(C)CCC(=O)O)c(C)c1. The molecule has 1 rings (SSSR count). The lowest BCUT2D eigenvalue weighted by Gasteiger charge is -2.26. The number of hydrogen-bond acceptors (Lipinski definition) is 3. The molecule has 0 saturated heterocycles. The zero-order valence-electron chi connectivity index (χ0n) is 13.1. The average Bonchev–Trinajstić information content (AvgIpc) is 2.22. The topological polar surface area (TPSA) is 83.5 Å². The first-order valence-corrected chi connectivity index (χ1v) is 8.26. The Morgan fingerprint density at radius 2 is 1.67 bits per heavy atom. The summed E-state index contributed by atoms with van der Waals surface area (Å²) in [5.74, 6) is -0.940. The van der Waals surface area contributed by atoms with E-state index in [1.54, 1.807) is 27.7 Å². The molecule has 0 spiro atoms. The van der Waals surface area contributed by atoms with Crippen LogP contribution in [0.4, 0.5) is 0 Å². The molecule has 2 N–H and O–H groups in total. The van der Waals surface area contributed by atoms with Crippen LogP contribution in [0.5, 0.6) is 0 Å². The van der Waals surface area contributed by atoms with Crippen molar-refractivity contribution in [2.24, 2.45) is 0 Å². The monoisotopic (exact) mass is 313 g/mol. The second-order valence-electron chi connectivity index (χ2n) is 6.11. The number of carbonyl (C=O) groups is 1. The summed E-state index contributed by atoms with van der Waals surface area (Å²) in [6.07, 6.45) is 0.146. The Bertz CT molecular complexity index is 625. The van der Waals surface area contributed by atoms with E-state index >= 15 is 0 Å². The van der Waals surface area contributed by atoms with Gasteiger partial charge in [-0.15, -0.1) is 0 Å². The zero-order chi connectivity index (χ0) is 16.4. The standard InChI is InChI=1S/C15H23NO4S/c1-10-8-11(2)14(12(3)9-10)21(19,20)16-15(4,5)7-6-13(17)18/h8-9,16H,6-7H2,1-5H3,(H,17,18). The molecular formula is C15H23NO4S. The van der Waals surface area contributed by atoms with E-state index in [1.165, 1.54) is 0 Å². The Balaban J connectivity index is 3.10. The second-order valence-corrected chi connectivity index (χ2v) is 7.73. The largest absolute Gasteiger partial charge is 0.481 e. The van der Waals surface area contributed by atoms with Crippen LogP contribution in [0.2, 0.25) is 0 Å². The lowest BCUT2D eigenvalue weighted by Crippen LogP contribution is -2.44. The van der Waals surface area contributed by atoms with Crippen LogP contribution >= 0.6 is 0 Å². The Morgan fingerprint density at radius 1 is 1.19 bits per heavy atom. The highest BCUT2D eigenvalue weighted by molar-refractivity contribution is 7.89. The van der Waals surface area contributed by atoms with Crippen LogP contribution in [0.3, 0.4) is 0 Å². The number of aliphatic carboxylic acids is 1. The molecule has 0 atom stereocenters. The van der Waals surface area contributed by atoms with Crippen LogP contribution < -0.4 is 4.72 Å². The van der Waals surface area contributed by atoms with Crippen molar-refractivity contribution in [3.8, 4) is 0 Å². The molecule has 0 amide bonds. The number of hydrogen-bond donors (Lipinski definition) is 2. The third-order valence-electron chi connectivity index (χ3n) is 3.25. The van der Waals surface area contributed by atoms with Crippen molar-refractivity contribution < 1.29 is 18.3 Å². The minimum Gasteiger partial charge on any atom is -0.481 e. The molecule has 118 valence electrons. The highest BCUT2D eigenvalue weighted by Crippen LogP contribution is 2.24. The van der Waals surface area contributed by atoms with Gasteiger partial charge in [0.05, 0.1) is 4.90 Å². The number of carboxylic acids is 1. The Morgan fingerprint density at radius 3 is 2.10 bits per heavy atom. The summed E-state index contributed by atoms with van der Waals surface area (Å²) in [6, 6.07) is 3.65. The molecule has 0 heterocycles. The van der Waals surface area contributed by atoms with E-state index in [2.05, 4.69) is 4.72 Å². The fourth-order valence-electron chi connectivity index (χ4n) is 2.48. The van der Waals surface area contributed by atoms with Crippen molar-refractivity contribution in [1.29, 1.82) is 0 Å². The minimum absolute atomic E-state index is 0.0820. The summed E-state index contributed by atoms with van der Waals surface area (Å²) in [5, 5.41) is 8.73. The van der Waals surface area contributed by atoms with E-state index in [0.29, 0.717) is 11.1 Å². The molecule has 0 aliphatic heterocycles. The molecule has 1 aromatic carbocycles. The Hall–Kier alpha value is -1.40. The van der Waals surface area contributed by atoms with Crippen LogP contribution in [-0.4, -0.2) is 25.0 Å². The van der Waals surface area contributed by atoms with E-state index in [0.717, 1.165) is 5.56 Å². The fourth-order valence-corrected chi connectivity index (χ4v) is 4.37. The molecule has 0 saturated carbocycles. The van der Waals surface area contributed by atoms with E-state index in [1.807, 2.05) is 19.1 Å². The van der Waals surface area contributed by atoms with Crippen molar-refractivity contribution in [3.63, 3.8) is 0 Å². The summed E-state index contributed by atoms with van der Waals surface area (Å²) in [5.41, 5.74) is 1.57. The number of sulfonamides is 1. The molecular weight excluding hydrogens is 290 g/mol. The predicted octanol–water partition coefficient (Wildman–Crippen LogP) is 2.53. The van der Waals surface area contributed by atoms with Gasteiger partial charge >= 0.3 is 5.97 Å². The van der Waals surface area contributed by atoms with Crippen molar-refractivity contribution in [2.45, 2.75) is 57.9 Å². The van der Waals surface area contributed by atoms with Crippen molar-refractivity contribution in [1.82, 2.24) is 4.72 Å². The van der Waals surface area contributed by atoms with Gasteiger partial charge in [-0.05, 0) is 52.2 Å². The fraction of sp³-hybridized carbons (Fsp3) is 0.533. The lowest BCUT2D eigenvalue weighted by atomic mass is 10.0. The molecule has 0 radical (unpaired) electrons. The maximum atomic E-state index is 12.6. The molecule has 0 fully saturated rings. The molecule has 5 nitrogen and oxygen atoms in total. The van der Waals surface area contributed by atoms with E-state index in [-0.39, 0.29) is 17.7 Å². The molecule has 6 heteroatoms. The summed E-state index contributed by atoms with van der Waals surface area (Å²) in [4.78, 5) is 10.9. The van der Waals surface area contributed by atoms with Crippen LogP contribution in [0.1, 0.15) is 43.4 Å². The second kappa shape index (κ2) is 6.15. The Kier molecular flexibility index (Phi) is 5.17. The molecule has 21 heavy (non-hydrogen) atoms. The molecule has 0 unspecified atom stereocenters. The molecule has 1 aromatic rings. The van der Waals surface area contributed by atoms with Crippen molar-refractivity contribution in [3.05, 3.63) is 28.8 Å². The number of nitrogens with one attached hydrogen (secondary N) is 1. The number of rotatable bonds is 6. The first-order chi connectivity index (χ1) is 9.44. The first kappa shape index (κ1) is 17.7. The molecule has 0 aliphatic rings. The normalized spacial score (nSPS) is 12.4.